The van der Waals surface area contributed by atoms with Crippen LogP contribution in [0.3, 0.4) is 0 Å². The van der Waals surface area contributed by atoms with E-state index >= 15 is 0 Å². The molecule has 0 bridgehead atoms. The van der Waals surface area contributed by atoms with Crippen molar-refractivity contribution >= 4 is 60.2 Å². The monoisotopic (exact) mass is 615 g/mol. The van der Waals surface area contributed by atoms with Gasteiger partial charge in [0, 0.05) is 4.47 Å². The number of benzene rings is 3. The fraction of sp³-hybridized carbons (Fsp3) is 0.133. The van der Waals surface area contributed by atoms with Crippen LogP contribution in [0.2, 0.25) is 0 Å². The zero-order valence-corrected chi connectivity index (χ0v) is 27.3. The Hall–Kier alpha value is -2.66. The highest BCUT2D eigenvalue weighted by molar-refractivity contribution is 9.10. The van der Waals surface area contributed by atoms with Gasteiger partial charge in [-0.1, -0.05) is 111 Å². The minimum absolute atomic E-state index is 0.361. The maximum Gasteiger partial charge on any atom is 0.568 e. The van der Waals surface area contributed by atoms with E-state index in [1.165, 1.54) is 22.3 Å². The number of halogens is 1. The number of allylic oxidation sites excluding steroid dienone is 4. The van der Waals surface area contributed by atoms with E-state index in [9.17, 15) is 0 Å². The van der Waals surface area contributed by atoms with Gasteiger partial charge in [0.25, 0.3) is 0 Å². The van der Waals surface area contributed by atoms with Gasteiger partial charge in [-0.2, -0.15) is 0 Å². The van der Waals surface area contributed by atoms with E-state index < -0.39 is 16.6 Å². The van der Waals surface area contributed by atoms with Crippen molar-refractivity contribution in [3.8, 4) is 0 Å². The first-order chi connectivity index (χ1) is 18.7. The summed E-state index contributed by atoms with van der Waals surface area (Å²) in [4.78, 5) is 0. The SMILES string of the molecule is Brc1ccccc1.CC1=C(O[B]O)[SiH2]C(B(O)O)=C1C.CC1=C(c2ccccc2)[SiH2]C(c2ccccc2)=C1C. The number of hydrogen-bond acceptors (Lipinski definition) is 4. The highest BCUT2D eigenvalue weighted by Crippen LogP contribution is 2.36. The van der Waals surface area contributed by atoms with Crippen LogP contribution < -0.4 is 0 Å². The Labute approximate surface area is 246 Å². The van der Waals surface area contributed by atoms with Crippen LogP contribution in [0.1, 0.15) is 38.8 Å². The van der Waals surface area contributed by atoms with Crippen molar-refractivity contribution in [2.24, 2.45) is 0 Å². The number of hydrogen-bond donors (Lipinski definition) is 3. The van der Waals surface area contributed by atoms with Gasteiger partial charge < -0.3 is 19.7 Å². The van der Waals surface area contributed by atoms with Gasteiger partial charge in [-0.3, -0.25) is 0 Å². The first-order valence-corrected chi connectivity index (χ1v) is 16.5. The maximum atomic E-state index is 9.00. The summed E-state index contributed by atoms with van der Waals surface area (Å²) in [5, 5.41) is 31.0. The first kappa shape index (κ1) is 30.9. The summed E-state index contributed by atoms with van der Waals surface area (Å²) in [6.07, 6.45) is 0. The zero-order valence-electron chi connectivity index (χ0n) is 22.9. The van der Waals surface area contributed by atoms with Crippen LogP contribution in [0.4, 0.5) is 0 Å². The lowest BCUT2D eigenvalue weighted by atomic mass is 9.86. The van der Waals surface area contributed by atoms with Gasteiger partial charge in [0.1, 0.15) is 9.52 Å². The summed E-state index contributed by atoms with van der Waals surface area (Å²) in [6.45, 7) is 8.22. The van der Waals surface area contributed by atoms with Crippen molar-refractivity contribution in [1.82, 2.24) is 0 Å². The minimum atomic E-state index is -1.39. The van der Waals surface area contributed by atoms with Crippen LogP contribution in [0.15, 0.2) is 128 Å². The van der Waals surface area contributed by atoms with E-state index in [1.807, 2.05) is 44.2 Å². The molecule has 5 rings (SSSR count). The molecule has 3 aromatic carbocycles. The van der Waals surface area contributed by atoms with Crippen LogP contribution in [0, 0.1) is 0 Å². The molecule has 199 valence electrons. The summed E-state index contributed by atoms with van der Waals surface area (Å²) in [7, 11) is -2.05. The lowest BCUT2D eigenvalue weighted by molar-refractivity contribution is 0.390. The van der Waals surface area contributed by atoms with Gasteiger partial charge in [0.05, 0.1) is 14.9 Å². The second-order valence-electron chi connectivity index (χ2n) is 9.38. The Morgan fingerprint density at radius 1 is 0.641 bits per heavy atom. The Morgan fingerprint density at radius 2 is 1.08 bits per heavy atom. The quantitative estimate of drug-likeness (QED) is 0.364. The van der Waals surface area contributed by atoms with Gasteiger partial charge in [0.15, 0.2) is 0 Å². The summed E-state index contributed by atoms with van der Waals surface area (Å²) >= 11 is 3.31. The van der Waals surface area contributed by atoms with Crippen LogP contribution in [-0.4, -0.2) is 48.9 Å². The molecule has 0 spiro atoms. The maximum absolute atomic E-state index is 9.00. The van der Waals surface area contributed by atoms with Crippen molar-refractivity contribution in [3.05, 3.63) is 139 Å². The van der Waals surface area contributed by atoms with Crippen molar-refractivity contribution in [2.45, 2.75) is 27.7 Å². The van der Waals surface area contributed by atoms with Crippen LogP contribution in [-0.2, 0) is 4.65 Å². The molecule has 0 aliphatic carbocycles. The van der Waals surface area contributed by atoms with Crippen molar-refractivity contribution in [3.63, 3.8) is 0 Å². The second-order valence-corrected chi connectivity index (χ2v) is 13.8. The second kappa shape index (κ2) is 15.2. The van der Waals surface area contributed by atoms with Gasteiger partial charge in [-0.25, -0.2) is 0 Å². The highest BCUT2D eigenvalue weighted by Gasteiger charge is 2.27. The zero-order chi connectivity index (χ0) is 28.4. The summed E-state index contributed by atoms with van der Waals surface area (Å²) in [5.74, 6) is 0. The fourth-order valence-electron chi connectivity index (χ4n) is 4.59. The molecule has 4 nitrogen and oxygen atoms in total. The predicted octanol–water partition coefficient (Wildman–Crippen LogP) is 4.71. The molecule has 3 aromatic rings. The van der Waals surface area contributed by atoms with Crippen molar-refractivity contribution in [2.75, 3.05) is 0 Å². The minimum Gasteiger partial charge on any atom is -0.545 e. The topological polar surface area (TPSA) is 69.9 Å². The fourth-order valence-corrected chi connectivity index (χ4v) is 8.94. The van der Waals surface area contributed by atoms with Crippen LogP contribution >= 0.6 is 15.9 Å². The lowest BCUT2D eigenvalue weighted by Crippen LogP contribution is -2.21. The largest absolute Gasteiger partial charge is 0.568 e. The molecule has 0 saturated heterocycles. The number of rotatable bonds is 5. The average molecular weight is 616 g/mol. The van der Waals surface area contributed by atoms with Crippen molar-refractivity contribution < 1.29 is 19.7 Å². The molecule has 2 heterocycles. The standard InChI is InChI=1S/C18H18Si.C6H11B2O4Si.C6H5Br/c1-13-14(2)18(16-11-7-4-8-12-16)19-17(13)15-9-5-3-6-10-15;1-3-4(2)6(12-7-9)13-5(3)8(10)11;7-6-4-2-1-3-5-6/h3-12H,19H2,1-2H3;9-11H,13H2,1-2H3;1-5H. The Balaban J connectivity index is 0.000000181. The third-order valence-corrected chi connectivity index (χ3v) is 12.5. The van der Waals surface area contributed by atoms with E-state index in [4.69, 9.17) is 19.7 Å². The van der Waals surface area contributed by atoms with E-state index in [0.717, 1.165) is 15.6 Å². The lowest BCUT2D eigenvalue weighted by Gasteiger charge is -2.06. The third-order valence-electron chi connectivity index (χ3n) is 7.12. The van der Waals surface area contributed by atoms with E-state index in [-0.39, 0.29) is 9.52 Å². The van der Waals surface area contributed by atoms with Gasteiger partial charge >= 0.3 is 14.8 Å². The Kier molecular flexibility index (Phi) is 12.0. The highest BCUT2D eigenvalue weighted by atomic mass is 79.9. The molecule has 2 aliphatic heterocycles. The van der Waals surface area contributed by atoms with Crippen LogP contribution in [0.25, 0.3) is 10.4 Å². The van der Waals surface area contributed by atoms with Gasteiger partial charge in [-0.15, -0.1) is 0 Å². The molecule has 2 aliphatic rings. The molecule has 0 amide bonds. The molecule has 0 aromatic heterocycles. The Morgan fingerprint density at radius 3 is 1.41 bits per heavy atom. The van der Waals surface area contributed by atoms with E-state index in [2.05, 4.69) is 90.4 Å². The van der Waals surface area contributed by atoms with Gasteiger partial charge in [0.2, 0.25) is 0 Å². The Bertz CT molecular complexity index is 1310. The average Bonchev–Trinajstić information content (AvgIpc) is 3.41. The first-order valence-electron chi connectivity index (χ1n) is 12.8. The summed E-state index contributed by atoms with van der Waals surface area (Å²) in [6, 6.07) is 31.7. The third kappa shape index (κ3) is 8.41. The summed E-state index contributed by atoms with van der Waals surface area (Å²) in [5.41, 5.74) is 7.60. The van der Waals surface area contributed by atoms with Crippen LogP contribution in [0.5, 0.6) is 0 Å². The van der Waals surface area contributed by atoms with Gasteiger partial charge in [-0.05, 0) is 72.8 Å². The molecule has 39 heavy (non-hydrogen) atoms. The van der Waals surface area contributed by atoms with E-state index in [1.54, 1.807) is 10.4 Å². The normalized spacial score (nSPS) is 15.2. The molecule has 0 fully saturated rings. The molecule has 9 heteroatoms. The molecule has 1 radical (unpaired) electrons. The molecule has 0 unspecified atom stereocenters. The molecule has 0 saturated carbocycles. The molecule has 0 atom stereocenters. The predicted molar refractivity (Wildman–Crippen MR) is 174 cm³/mol. The smallest absolute Gasteiger partial charge is 0.545 e. The van der Waals surface area contributed by atoms with Crippen molar-refractivity contribution in [1.29, 1.82) is 0 Å². The molecular formula is C30H34B2BrO4Si2. The summed E-state index contributed by atoms with van der Waals surface area (Å²) < 4.78 is 6.01. The molecular weight excluding hydrogens is 582 g/mol. The van der Waals surface area contributed by atoms with E-state index in [0.29, 0.717) is 18.2 Å². The molecule has 3 N–H and O–H groups in total.